The van der Waals surface area contributed by atoms with E-state index in [9.17, 15) is 4.79 Å². The minimum atomic E-state index is -0.482. The summed E-state index contributed by atoms with van der Waals surface area (Å²) in [7, 11) is 1.43. The lowest BCUT2D eigenvalue weighted by Gasteiger charge is -2.05. The number of nitrogens with one attached hydrogen (secondary N) is 1. The molecule has 1 aromatic heterocycles. The van der Waals surface area contributed by atoms with Crippen LogP contribution in [-0.2, 0) is 0 Å². The quantitative estimate of drug-likeness (QED) is 0.800. The van der Waals surface area contributed by atoms with Gasteiger partial charge >= 0.3 is 11.7 Å². The molecule has 0 bridgehead atoms. The van der Waals surface area contributed by atoms with E-state index >= 15 is 0 Å². The average molecular weight is 279 g/mol. The molecule has 0 aliphatic rings. The van der Waals surface area contributed by atoms with Crippen LogP contribution in [0.4, 0.5) is 0 Å². The van der Waals surface area contributed by atoms with Crippen LogP contribution >= 0.6 is 0 Å². The van der Waals surface area contributed by atoms with Gasteiger partial charge in [-0.05, 0) is 11.1 Å². The van der Waals surface area contributed by atoms with Crippen LogP contribution in [0.2, 0.25) is 0 Å². The van der Waals surface area contributed by atoms with Crippen LogP contribution in [-0.4, -0.2) is 22.1 Å². The Bertz CT molecular complexity index is 796. The van der Waals surface area contributed by atoms with E-state index in [0.717, 1.165) is 16.7 Å². The van der Waals surface area contributed by atoms with Crippen LogP contribution in [0.1, 0.15) is 0 Å². The lowest BCUT2D eigenvalue weighted by atomic mass is 10.0. The SMILES string of the molecule is COc1nc(-c2ccc(-c3ccccc3)cc2)[nH]c(=O)n1. The standard InChI is InChI=1S/C16H13N3O2/c1-21-16-18-14(17-15(20)19-16)13-9-7-12(8-10-13)11-5-3-2-4-6-11/h2-10H,1H3,(H,17,18,19,20). The number of methoxy groups -OCH3 is 1. The summed E-state index contributed by atoms with van der Waals surface area (Å²) in [6.45, 7) is 0. The minimum absolute atomic E-state index is 0.0564. The highest BCUT2D eigenvalue weighted by atomic mass is 16.5. The molecule has 5 nitrogen and oxygen atoms in total. The Morgan fingerprint density at radius 2 is 1.48 bits per heavy atom. The summed E-state index contributed by atoms with van der Waals surface area (Å²) in [6.07, 6.45) is 0. The normalized spacial score (nSPS) is 10.3. The van der Waals surface area contributed by atoms with E-state index in [1.165, 1.54) is 7.11 Å². The molecule has 0 radical (unpaired) electrons. The largest absolute Gasteiger partial charge is 0.467 e. The molecular weight excluding hydrogens is 266 g/mol. The molecule has 1 heterocycles. The molecule has 0 unspecified atom stereocenters. The number of hydrogen-bond acceptors (Lipinski definition) is 4. The number of ether oxygens (including phenoxy) is 1. The summed E-state index contributed by atoms with van der Waals surface area (Å²) in [4.78, 5) is 21.8. The predicted molar refractivity (Wildman–Crippen MR) is 80.1 cm³/mol. The average Bonchev–Trinajstić information content (AvgIpc) is 2.55. The van der Waals surface area contributed by atoms with Gasteiger partial charge in [-0.3, -0.25) is 4.98 Å². The van der Waals surface area contributed by atoms with Crippen molar-refractivity contribution in [3.05, 3.63) is 65.1 Å². The van der Waals surface area contributed by atoms with Gasteiger partial charge in [-0.15, -0.1) is 4.98 Å². The molecule has 0 spiro atoms. The van der Waals surface area contributed by atoms with Gasteiger partial charge in [0.15, 0.2) is 0 Å². The summed E-state index contributed by atoms with van der Waals surface area (Å²) < 4.78 is 4.91. The zero-order valence-electron chi connectivity index (χ0n) is 11.4. The van der Waals surface area contributed by atoms with Crippen molar-refractivity contribution in [2.75, 3.05) is 7.11 Å². The molecule has 0 aliphatic carbocycles. The maximum Gasteiger partial charge on any atom is 0.351 e. The first-order valence-electron chi connectivity index (χ1n) is 6.44. The topological polar surface area (TPSA) is 67.9 Å². The van der Waals surface area contributed by atoms with Crippen LogP contribution in [0.5, 0.6) is 6.01 Å². The maximum absolute atomic E-state index is 11.4. The molecule has 21 heavy (non-hydrogen) atoms. The number of nitrogens with zero attached hydrogens (tertiary/aromatic N) is 2. The van der Waals surface area contributed by atoms with Crippen LogP contribution in [0.25, 0.3) is 22.5 Å². The van der Waals surface area contributed by atoms with Gasteiger partial charge in [0.2, 0.25) is 0 Å². The predicted octanol–water partition coefficient (Wildman–Crippen LogP) is 2.51. The molecule has 0 aliphatic heterocycles. The molecule has 0 atom stereocenters. The Morgan fingerprint density at radius 1 is 0.857 bits per heavy atom. The third-order valence-electron chi connectivity index (χ3n) is 3.08. The zero-order chi connectivity index (χ0) is 14.7. The third-order valence-corrected chi connectivity index (χ3v) is 3.08. The van der Waals surface area contributed by atoms with Gasteiger partial charge < -0.3 is 4.74 Å². The van der Waals surface area contributed by atoms with Crippen molar-refractivity contribution in [1.29, 1.82) is 0 Å². The molecule has 5 heteroatoms. The van der Waals surface area contributed by atoms with Gasteiger partial charge in [0.1, 0.15) is 5.82 Å². The van der Waals surface area contributed by atoms with Crippen molar-refractivity contribution in [3.63, 3.8) is 0 Å². The number of H-pyrrole nitrogens is 1. The molecule has 2 aromatic carbocycles. The second kappa shape index (κ2) is 5.58. The van der Waals surface area contributed by atoms with Crippen LogP contribution in [0, 0.1) is 0 Å². The molecule has 3 aromatic rings. The number of hydrogen-bond donors (Lipinski definition) is 1. The van der Waals surface area contributed by atoms with Gasteiger partial charge in [0.25, 0.3) is 0 Å². The smallest absolute Gasteiger partial charge is 0.351 e. The molecule has 0 saturated carbocycles. The molecule has 104 valence electrons. The second-order valence-electron chi connectivity index (χ2n) is 4.43. The van der Waals surface area contributed by atoms with Crippen LogP contribution in [0.15, 0.2) is 59.4 Å². The van der Waals surface area contributed by atoms with Gasteiger partial charge in [-0.1, -0.05) is 54.6 Å². The Morgan fingerprint density at radius 3 is 2.14 bits per heavy atom. The Kier molecular flexibility index (Phi) is 3.47. The Balaban J connectivity index is 1.98. The van der Waals surface area contributed by atoms with Crippen molar-refractivity contribution >= 4 is 0 Å². The van der Waals surface area contributed by atoms with E-state index in [-0.39, 0.29) is 6.01 Å². The van der Waals surface area contributed by atoms with Gasteiger partial charge in [0.05, 0.1) is 7.11 Å². The van der Waals surface area contributed by atoms with Crippen molar-refractivity contribution in [1.82, 2.24) is 15.0 Å². The van der Waals surface area contributed by atoms with E-state index in [1.54, 1.807) is 0 Å². The first-order chi connectivity index (χ1) is 10.3. The van der Waals surface area contributed by atoms with Crippen molar-refractivity contribution < 1.29 is 4.74 Å². The highest BCUT2D eigenvalue weighted by Crippen LogP contribution is 2.22. The van der Waals surface area contributed by atoms with Crippen molar-refractivity contribution in [2.45, 2.75) is 0 Å². The molecule has 1 N–H and O–H groups in total. The van der Waals surface area contributed by atoms with Gasteiger partial charge in [-0.2, -0.15) is 4.98 Å². The second-order valence-corrected chi connectivity index (χ2v) is 4.43. The fourth-order valence-electron chi connectivity index (χ4n) is 2.04. The number of rotatable bonds is 3. The zero-order valence-corrected chi connectivity index (χ0v) is 11.4. The van der Waals surface area contributed by atoms with E-state index in [4.69, 9.17) is 4.74 Å². The Hall–Kier alpha value is -2.95. The fraction of sp³-hybridized carbons (Fsp3) is 0.0625. The number of benzene rings is 2. The van der Waals surface area contributed by atoms with Crippen molar-refractivity contribution in [3.8, 4) is 28.5 Å². The first kappa shape index (κ1) is 13.1. The molecular formula is C16H13N3O2. The van der Waals surface area contributed by atoms with E-state index in [1.807, 2.05) is 54.6 Å². The van der Waals surface area contributed by atoms with Crippen LogP contribution in [0.3, 0.4) is 0 Å². The fourth-order valence-corrected chi connectivity index (χ4v) is 2.04. The van der Waals surface area contributed by atoms with Gasteiger partial charge in [-0.25, -0.2) is 4.79 Å². The number of aromatic nitrogens is 3. The minimum Gasteiger partial charge on any atom is -0.467 e. The van der Waals surface area contributed by atoms with Crippen molar-refractivity contribution in [2.24, 2.45) is 0 Å². The summed E-state index contributed by atoms with van der Waals surface area (Å²) >= 11 is 0. The van der Waals surface area contributed by atoms with E-state index in [0.29, 0.717) is 5.82 Å². The lowest BCUT2D eigenvalue weighted by Crippen LogP contribution is -2.14. The third kappa shape index (κ3) is 2.81. The first-order valence-corrected chi connectivity index (χ1v) is 6.44. The number of aromatic amines is 1. The highest BCUT2D eigenvalue weighted by molar-refractivity contribution is 5.67. The summed E-state index contributed by atoms with van der Waals surface area (Å²) in [5, 5.41) is 0. The Labute approximate surface area is 121 Å². The van der Waals surface area contributed by atoms with Gasteiger partial charge in [0, 0.05) is 5.56 Å². The van der Waals surface area contributed by atoms with Crippen LogP contribution < -0.4 is 10.4 Å². The maximum atomic E-state index is 11.4. The summed E-state index contributed by atoms with van der Waals surface area (Å²) in [6, 6.07) is 17.9. The molecule has 0 amide bonds. The summed E-state index contributed by atoms with van der Waals surface area (Å²) in [5.74, 6) is 0.437. The molecule has 0 saturated heterocycles. The monoisotopic (exact) mass is 279 g/mol. The molecule has 0 fully saturated rings. The molecule has 3 rings (SSSR count). The summed E-state index contributed by atoms with van der Waals surface area (Å²) in [5.41, 5.74) is 2.55. The van der Waals surface area contributed by atoms with E-state index < -0.39 is 5.69 Å². The van der Waals surface area contributed by atoms with E-state index in [2.05, 4.69) is 15.0 Å². The highest BCUT2D eigenvalue weighted by Gasteiger charge is 2.06. The lowest BCUT2D eigenvalue weighted by molar-refractivity contribution is 0.377.